The molecule has 0 atom stereocenters. The zero-order valence-electron chi connectivity index (χ0n) is 14.1. The van der Waals surface area contributed by atoms with E-state index >= 15 is 0 Å². The molecule has 5 heteroatoms. The number of hydrogen-bond acceptors (Lipinski definition) is 5. The van der Waals surface area contributed by atoms with Crippen LogP contribution in [0.5, 0.6) is 11.5 Å². The highest BCUT2D eigenvalue weighted by molar-refractivity contribution is 7.99. The maximum Gasteiger partial charge on any atom is 0.166 e. The molecule has 0 saturated carbocycles. The summed E-state index contributed by atoms with van der Waals surface area (Å²) in [6, 6.07) is 10.2. The monoisotopic (exact) mass is 336 g/mol. The van der Waals surface area contributed by atoms with Crippen LogP contribution in [0, 0.1) is 0 Å². The first-order valence-electron chi connectivity index (χ1n) is 7.73. The van der Waals surface area contributed by atoms with Gasteiger partial charge in [0.15, 0.2) is 6.29 Å². The number of thioether (sulfide) groups is 1. The Morgan fingerprint density at radius 2 is 1.65 bits per heavy atom. The Morgan fingerprint density at radius 1 is 0.913 bits per heavy atom. The molecule has 0 spiro atoms. The lowest BCUT2D eigenvalue weighted by Crippen LogP contribution is -2.20. The average molecular weight is 336 g/mol. The second kappa shape index (κ2) is 9.01. The molecule has 23 heavy (non-hydrogen) atoms. The Balaban J connectivity index is 2.23. The van der Waals surface area contributed by atoms with Gasteiger partial charge in [0.25, 0.3) is 0 Å². The summed E-state index contributed by atoms with van der Waals surface area (Å²) >= 11 is 1.67. The lowest BCUT2D eigenvalue weighted by Gasteiger charge is -2.17. The maximum atomic E-state index is 5.60. The minimum absolute atomic E-state index is 0.208. The first kappa shape index (κ1) is 17.9. The Hall–Kier alpha value is -1.43. The van der Waals surface area contributed by atoms with E-state index in [2.05, 4.69) is 6.07 Å². The van der Waals surface area contributed by atoms with Crippen molar-refractivity contribution in [2.24, 2.45) is 0 Å². The molecule has 4 nitrogen and oxygen atoms in total. The first-order chi connectivity index (χ1) is 11.2. The zero-order valence-corrected chi connectivity index (χ0v) is 14.9. The van der Waals surface area contributed by atoms with E-state index in [0.717, 1.165) is 27.2 Å². The standard InChI is InChI=1S/C18H24O4S/c1-5-21-18(22-6-2)12-23-17-11-14-9-15(19-3)8-7-13(14)10-16(17)20-4/h7-11,18H,5-6,12H2,1-4H3. The lowest BCUT2D eigenvalue weighted by atomic mass is 10.1. The Morgan fingerprint density at radius 3 is 2.26 bits per heavy atom. The van der Waals surface area contributed by atoms with Gasteiger partial charge in [0.05, 0.1) is 19.1 Å². The predicted molar refractivity (Wildman–Crippen MR) is 94.8 cm³/mol. The molecule has 0 bridgehead atoms. The van der Waals surface area contributed by atoms with E-state index < -0.39 is 0 Å². The fraction of sp³-hybridized carbons (Fsp3) is 0.444. The normalized spacial score (nSPS) is 11.2. The topological polar surface area (TPSA) is 36.9 Å². The SMILES string of the molecule is CCOC(CSc1cc2cc(OC)ccc2cc1OC)OCC. The molecule has 0 N–H and O–H groups in total. The maximum absolute atomic E-state index is 5.60. The molecule has 2 aromatic carbocycles. The van der Waals surface area contributed by atoms with Crippen molar-refractivity contribution in [2.45, 2.75) is 25.0 Å². The van der Waals surface area contributed by atoms with Gasteiger partial charge >= 0.3 is 0 Å². The number of hydrogen-bond donors (Lipinski definition) is 0. The largest absolute Gasteiger partial charge is 0.497 e. The van der Waals surface area contributed by atoms with Crippen LogP contribution < -0.4 is 9.47 Å². The molecule has 0 aromatic heterocycles. The average Bonchev–Trinajstić information content (AvgIpc) is 2.58. The molecule has 0 radical (unpaired) electrons. The molecular formula is C18H24O4S. The number of rotatable bonds is 9. The van der Waals surface area contributed by atoms with Gasteiger partial charge in [-0.05, 0) is 48.9 Å². The quantitative estimate of drug-likeness (QED) is 0.503. The molecular weight excluding hydrogens is 312 g/mol. The van der Waals surface area contributed by atoms with Gasteiger partial charge in [-0.1, -0.05) is 6.07 Å². The van der Waals surface area contributed by atoms with Gasteiger partial charge < -0.3 is 18.9 Å². The smallest absolute Gasteiger partial charge is 0.166 e. The van der Waals surface area contributed by atoms with Crippen LogP contribution in [0.15, 0.2) is 35.2 Å². The summed E-state index contributed by atoms with van der Waals surface area (Å²) < 4.78 is 22.0. The van der Waals surface area contributed by atoms with Gasteiger partial charge in [-0.3, -0.25) is 0 Å². The van der Waals surface area contributed by atoms with Gasteiger partial charge in [0, 0.05) is 19.0 Å². The molecule has 0 aliphatic carbocycles. The van der Waals surface area contributed by atoms with Crippen molar-refractivity contribution in [2.75, 3.05) is 33.2 Å². The van der Waals surface area contributed by atoms with Crippen LogP contribution >= 0.6 is 11.8 Å². The summed E-state index contributed by atoms with van der Waals surface area (Å²) in [6.07, 6.45) is -0.208. The van der Waals surface area contributed by atoms with E-state index in [0.29, 0.717) is 19.0 Å². The summed E-state index contributed by atoms with van der Waals surface area (Å²) in [7, 11) is 3.37. The van der Waals surface area contributed by atoms with E-state index in [1.165, 1.54) is 0 Å². The number of benzene rings is 2. The Labute approximate surface area is 142 Å². The van der Waals surface area contributed by atoms with Crippen molar-refractivity contribution in [3.63, 3.8) is 0 Å². The molecule has 0 aliphatic rings. The molecule has 2 rings (SSSR count). The fourth-order valence-corrected chi connectivity index (χ4v) is 3.31. The second-order valence-corrected chi connectivity index (χ2v) is 5.93. The molecule has 0 saturated heterocycles. The van der Waals surface area contributed by atoms with Crippen molar-refractivity contribution in [1.29, 1.82) is 0 Å². The summed E-state index contributed by atoms with van der Waals surface area (Å²) in [5, 5.41) is 2.25. The van der Waals surface area contributed by atoms with Crippen molar-refractivity contribution >= 4 is 22.5 Å². The van der Waals surface area contributed by atoms with Crippen molar-refractivity contribution < 1.29 is 18.9 Å². The lowest BCUT2D eigenvalue weighted by molar-refractivity contribution is -0.120. The zero-order chi connectivity index (χ0) is 16.7. The molecule has 0 unspecified atom stereocenters. The summed E-state index contributed by atoms with van der Waals surface area (Å²) in [4.78, 5) is 1.07. The summed E-state index contributed by atoms with van der Waals surface area (Å²) in [6.45, 7) is 5.22. The van der Waals surface area contributed by atoms with Crippen molar-refractivity contribution in [1.82, 2.24) is 0 Å². The van der Waals surface area contributed by atoms with Gasteiger partial charge in [-0.2, -0.15) is 0 Å². The van der Waals surface area contributed by atoms with Crippen LogP contribution in [0.25, 0.3) is 10.8 Å². The minimum atomic E-state index is -0.208. The molecule has 2 aromatic rings. The first-order valence-corrected chi connectivity index (χ1v) is 8.72. The predicted octanol–water partition coefficient (Wildman–Crippen LogP) is 4.35. The molecule has 0 heterocycles. The number of ether oxygens (including phenoxy) is 4. The third-order valence-corrected chi connectivity index (χ3v) is 4.48. The summed E-state index contributed by atoms with van der Waals surface area (Å²) in [5.41, 5.74) is 0. The van der Waals surface area contributed by atoms with E-state index in [1.807, 2.05) is 38.1 Å². The molecule has 126 valence electrons. The highest BCUT2D eigenvalue weighted by atomic mass is 32.2. The van der Waals surface area contributed by atoms with Gasteiger partial charge in [-0.15, -0.1) is 11.8 Å². The number of fused-ring (bicyclic) bond motifs is 1. The molecule has 0 amide bonds. The van der Waals surface area contributed by atoms with Crippen LogP contribution in [0.1, 0.15) is 13.8 Å². The second-order valence-electron chi connectivity index (χ2n) is 4.87. The van der Waals surface area contributed by atoms with Crippen LogP contribution in [-0.4, -0.2) is 39.5 Å². The fourth-order valence-electron chi connectivity index (χ4n) is 2.31. The van der Waals surface area contributed by atoms with E-state index in [4.69, 9.17) is 18.9 Å². The highest BCUT2D eigenvalue weighted by Gasteiger charge is 2.12. The van der Waals surface area contributed by atoms with Gasteiger partial charge in [0.2, 0.25) is 0 Å². The molecule has 0 aliphatic heterocycles. The van der Waals surface area contributed by atoms with Crippen molar-refractivity contribution in [3.8, 4) is 11.5 Å². The van der Waals surface area contributed by atoms with Crippen LogP contribution in [0.3, 0.4) is 0 Å². The van der Waals surface area contributed by atoms with E-state index in [1.54, 1.807) is 26.0 Å². The van der Waals surface area contributed by atoms with Crippen molar-refractivity contribution in [3.05, 3.63) is 30.3 Å². The third kappa shape index (κ3) is 4.77. The molecule has 0 fully saturated rings. The van der Waals surface area contributed by atoms with Crippen LogP contribution in [0.4, 0.5) is 0 Å². The van der Waals surface area contributed by atoms with Crippen LogP contribution in [-0.2, 0) is 9.47 Å². The third-order valence-electron chi connectivity index (χ3n) is 3.41. The number of methoxy groups -OCH3 is 2. The van der Waals surface area contributed by atoms with Gasteiger partial charge in [0.1, 0.15) is 11.5 Å². The van der Waals surface area contributed by atoms with Crippen LogP contribution in [0.2, 0.25) is 0 Å². The van der Waals surface area contributed by atoms with E-state index in [9.17, 15) is 0 Å². The Kier molecular flexibility index (Phi) is 7.02. The van der Waals surface area contributed by atoms with E-state index in [-0.39, 0.29) is 6.29 Å². The van der Waals surface area contributed by atoms with Gasteiger partial charge in [-0.25, -0.2) is 0 Å². The summed E-state index contributed by atoms with van der Waals surface area (Å²) in [5.74, 6) is 2.42. The minimum Gasteiger partial charge on any atom is -0.497 e. The Bertz CT molecular complexity index is 624. The highest BCUT2D eigenvalue weighted by Crippen LogP contribution is 2.35.